The van der Waals surface area contributed by atoms with Crippen molar-refractivity contribution in [3.05, 3.63) is 115 Å². The number of nitrogen functional groups attached to an aromatic ring is 1. The maximum atomic E-state index is 6.72. The van der Waals surface area contributed by atoms with Crippen molar-refractivity contribution in [3.8, 4) is 17.1 Å². The van der Waals surface area contributed by atoms with Gasteiger partial charge >= 0.3 is 0 Å². The fourth-order valence-electron chi connectivity index (χ4n) is 5.65. The Morgan fingerprint density at radius 2 is 1.55 bits per heavy atom. The molecule has 0 amide bonds. The van der Waals surface area contributed by atoms with Crippen molar-refractivity contribution in [1.29, 1.82) is 0 Å². The van der Waals surface area contributed by atoms with Gasteiger partial charge in [0.15, 0.2) is 17.7 Å². The highest BCUT2D eigenvalue weighted by atomic mass is 16.6. The first kappa shape index (κ1) is 30.4. The molecule has 47 heavy (non-hydrogen) atoms. The number of aromatic nitrogens is 6. The van der Waals surface area contributed by atoms with Crippen LogP contribution in [0.5, 0.6) is 5.75 Å². The quantitative estimate of drug-likeness (QED) is 0.186. The summed E-state index contributed by atoms with van der Waals surface area (Å²) >= 11 is 0. The second-order valence-corrected chi connectivity index (χ2v) is 11.0. The monoisotopic (exact) mass is 634 g/mol. The van der Waals surface area contributed by atoms with Gasteiger partial charge in [-0.3, -0.25) is 4.57 Å². The summed E-state index contributed by atoms with van der Waals surface area (Å²) in [5, 5.41) is 7.57. The number of hydrogen-bond acceptors (Lipinski definition) is 12. The highest BCUT2D eigenvalue weighted by Gasteiger charge is 2.47. The molecule has 0 spiro atoms. The number of anilines is 1. The molecule has 0 aliphatic carbocycles. The third-order valence-corrected chi connectivity index (χ3v) is 7.95. The maximum Gasteiger partial charge on any atom is 0.240 e. The number of para-hydroxylation sites is 1. The summed E-state index contributed by atoms with van der Waals surface area (Å²) in [4.78, 5) is 17.6. The van der Waals surface area contributed by atoms with E-state index in [-0.39, 0.29) is 5.82 Å². The first-order chi connectivity index (χ1) is 23.2. The average Bonchev–Trinajstić information content (AvgIpc) is 3.85. The van der Waals surface area contributed by atoms with Crippen LogP contribution < -0.4 is 15.8 Å². The van der Waals surface area contributed by atoms with Gasteiger partial charge in [0.25, 0.3) is 0 Å². The molecular weight excluding hydrogens is 600 g/mol. The number of benzene rings is 3. The van der Waals surface area contributed by atoms with Gasteiger partial charge in [-0.25, -0.2) is 15.0 Å². The first-order valence-corrected chi connectivity index (χ1v) is 15.2. The number of fused-ring (bicyclic) bond motifs is 1. The number of nitrogens with one attached hydrogen (secondary N) is 1. The number of methoxy groups -OCH3 is 1. The Morgan fingerprint density at radius 1 is 0.851 bits per heavy atom. The minimum Gasteiger partial charge on any atom is -0.496 e. The van der Waals surface area contributed by atoms with Gasteiger partial charge in [0.1, 0.15) is 35.9 Å². The number of imidazole rings is 1. The van der Waals surface area contributed by atoms with Crippen LogP contribution in [0.3, 0.4) is 0 Å². The van der Waals surface area contributed by atoms with Crippen molar-refractivity contribution in [1.82, 2.24) is 35.0 Å². The second kappa shape index (κ2) is 14.1. The van der Waals surface area contributed by atoms with Gasteiger partial charge < -0.3 is 34.5 Å². The average molecular weight is 635 g/mol. The Balaban J connectivity index is 1.14. The van der Waals surface area contributed by atoms with E-state index in [0.29, 0.717) is 54.9 Å². The molecule has 1 aliphatic rings. The lowest BCUT2D eigenvalue weighted by Crippen LogP contribution is -2.40. The van der Waals surface area contributed by atoms with Crippen molar-refractivity contribution in [2.45, 2.75) is 44.3 Å². The third-order valence-electron chi connectivity index (χ3n) is 7.95. The van der Waals surface area contributed by atoms with Gasteiger partial charge in [-0.2, -0.15) is 4.98 Å². The van der Waals surface area contributed by atoms with Crippen LogP contribution >= 0.6 is 0 Å². The lowest BCUT2D eigenvalue weighted by atomic mass is 10.1. The topological polar surface area (TPSA) is 157 Å². The Bertz CT molecular complexity index is 1900. The van der Waals surface area contributed by atoms with E-state index in [1.54, 1.807) is 13.4 Å². The molecular formula is C34H34N8O5. The van der Waals surface area contributed by atoms with E-state index in [4.69, 9.17) is 29.2 Å². The zero-order valence-electron chi connectivity index (χ0n) is 25.7. The lowest BCUT2D eigenvalue weighted by Gasteiger charge is -2.25. The van der Waals surface area contributed by atoms with Crippen LogP contribution in [0, 0.1) is 0 Å². The molecule has 0 bridgehead atoms. The Morgan fingerprint density at radius 3 is 2.30 bits per heavy atom. The van der Waals surface area contributed by atoms with Crippen LogP contribution in [0.15, 0.2) is 102 Å². The summed E-state index contributed by atoms with van der Waals surface area (Å²) in [5.41, 5.74) is 9.96. The zero-order chi connectivity index (χ0) is 32.0. The van der Waals surface area contributed by atoms with E-state index >= 15 is 0 Å². The summed E-state index contributed by atoms with van der Waals surface area (Å²) < 4.78 is 32.8. The molecule has 0 saturated carbocycles. The normalized spacial score (nSPS) is 19.3. The molecule has 7 rings (SSSR count). The van der Waals surface area contributed by atoms with Gasteiger partial charge in [-0.1, -0.05) is 78.0 Å². The molecule has 13 nitrogen and oxygen atoms in total. The molecule has 0 radical (unpaired) electrons. The van der Waals surface area contributed by atoms with Crippen molar-refractivity contribution in [2.24, 2.45) is 0 Å². The summed E-state index contributed by atoms with van der Waals surface area (Å²) in [6.45, 7) is 1.44. The van der Waals surface area contributed by atoms with Gasteiger partial charge in [0.2, 0.25) is 11.7 Å². The number of rotatable bonds is 13. The van der Waals surface area contributed by atoms with Crippen LogP contribution in [0.4, 0.5) is 5.82 Å². The molecule has 1 aliphatic heterocycles. The van der Waals surface area contributed by atoms with Crippen LogP contribution in [0.1, 0.15) is 23.2 Å². The fourth-order valence-corrected chi connectivity index (χ4v) is 5.65. The lowest BCUT2D eigenvalue weighted by molar-refractivity contribution is -0.0894. The number of hydrogen-bond donors (Lipinski definition) is 2. The molecule has 1 saturated heterocycles. The van der Waals surface area contributed by atoms with E-state index in [1.807, 2.05) is 89.5 Å². The standard InChI is InChI=1S/C34H34N8O5/c1-43-25-15-9-8-14-24(25)32-40-27(47-41-32)17-36-16-26-29(44-18-22-10-4-2-5-11-22)30(45-19-23-12-6-3-7-13-23)34(46-26)42-21-39-28-31(35)37-20-38-33(28)42/h2-15,20-21,26,29-30,34,36H,16-19H2,1H3,(H2,35,37,38). The molecule has 6 aromatic rings. The predicted octanol–water partition coefficient (Wildman–Crippen LogP) is 4.33. The summed E-state index contributed by atoms with van der Waals surface area (Å²) in [6, 6.07) is 27.5. The maximum absolute atomic E-state index is 6.72. The minimum atomic E-state index is -0.619. The largest absolute Gasteiger partial charge is 0.496 e. The van der Waals surface area contributed by atoms with E-state index in [9.17, 15) is 0 Å². The number of nitrogens with two attached hydrogens (primary N) is 1. The van der Waals surface area contributed by atoms with Gasteiger partial charge in [-0.05, 0) is 23.3 Å². The summed E-state index contributed by atoms with van der Waals surface area (Å²) in [5.74, 6) is 1.82. The molecule has 240 valence electrons. The predicted molar refractivity (Wildman–Crippen MR) is 172 cm³/mol. The smallest absolute Gasteiger partial charge is 0.240 e. The highest BCUT2D eigenvalue weighted by molar-refractivity contribution is 5.81. The highest BCUT2D eigenvalue weighted by Crippen LogP contribution is 2.37. The molecule has 3 N–H and O–H groups in total. The molecule has 4 heterocycles. The SMILES string of the molecule is COc1ccccc1-c1noc(CNCC2OC(n3cnc4c(N)ncnc43)C(OCc3ccccc3)C2OCc2ccccc2)n1. The van der Waals surface area contributed by atoms with Crippen molar-refractivity contribution < 1.29 is 23.5 Å². The summed E-state index contributed by atoms with van der Waals surface area (Å²) in [7, 11) is 1.61. The van der Waals surface area contributed by atoms with Gasteiger partial charge in [0, 0.05) is 6.54 Å². The Kier molecular flexibility index (Phi) is 9.10. The van der Waals surface area contributed by atoms with E-state index in [2.05, 4.69) is 30.4 Å². The number of nitrogens with zero attached hydrogens (tertiary/aromatic N) is 6. The molecule has 3 aromatic heterocycles. The van der Waals surface area contributed by atoms with E-state index < -0.39 is 24.5 Å². The molecule has 1 fully saturated rings. The first-order valence-electron chi connectivity index (χ1n) is 15.2. The summed E-state index contributed by atoms with van der Waals surface area (Å²) in [6.07, 6.45) is 1.02. The van der Waals surface area contributed by atoms with Crippen molar-refractivity contribution >= 4 is 17.0 Å². The molecule has 13 heteroatoms. The van der Waals surface area contributed by atoms with Crippen LogP contribution in [0.2, 0.25) is 0 Å². The van der Waals surface area contributed by atoms with Gasteiger partial charge in [-0.15, -0.1) is 0 Å². The van der Waals surface area contributed by atoms with E-state index in [1.165, 1.54) is 6.33 Å². The van der Waals surface area contributed by atoms with E-state index in [0.717, 1.165) is 16.7 Å². The van der Waals surface area contributed by atoms with Gasteiger partial charge in [0.05, 0.1) is 38.8 Å². The van der Waals surface area contributed by atoms with Crippen LogP contribution in [0.25, 0.3) is 22.6 Å². The molecule has 4 unspecified atom stereocenters. The van der Waals surface area contributed by atoms with Crippen LogP contribution in [-0.4, -0.2) is 61.6 Å². The molecule has 3 aromatic carbocycles. The number of ether oxygens (including phenoxy) is 4. The molecule has 4 atom stereocenters. The Labute approximate surface area is 270 Å². The van der Waals surface area contributed by atoms with Crippen LogP contribution in [-0.2, 0) is 34.0 Å². The van der Waals surface area contributed by atoms with Crippen molar-refractivity contribution in [2.75, 3.05) is 19.4 Å². The minimum absolute atomic E-state index is 0.288. The second-order valence-electron chi connectivity index (χ2n) is 11.0. The zero-order valence-corrected chi connectivity index (χ0v) is 25.7. The fraction of sp³-hybridized carbons (Fsp3) is 0.265. The third kappa shape index (κ3) is 6.69. The Hall–Kier alpha value is -5.21. The van der Waals surface area contributed by atoms with Crippen molar-refractivity contribution in [3.63, 3.8) is 0 Å².